The van der Waals surface area contributed by atoms with Crippen molar-refractivity contribution in [3.63, 3.8) is 0 Å². The van der Waals surface area contributed by atoms with Crippen LogP contribution in [0.25, 0.3) is 0 Å². The zero-order chi connectivity index (χ0) is 15.2. The Bertz CT molecular complexity index is 631. The van der Waals surface area contributed by atoms with Gasteiger partial charge < -0.3 is 15.4 Å². The van der Waals surface area contributed by atoms with Crippen LogP contribution in [0, 0.1) is 5.82 Å². The van der Waals surface area contributed by atoms with E-state index in [0.29, 0.717) is 11.7 Å². The molecule has 0 bridgehead atoms. The van der Waals surface area contributed by atoms with Crippen LogP contribution >= 0.6 is 0 Å². The van der Waals surface area contributed by atoms with Gasteiger partial charge in [-0.25, -0.2) is 14.4 Å². The Morgan fingerprint density at radius 2 is 2.14 bits per heavy atom. The molecule has 0 fully saturated rings. The first kappa shape index (κ1) is 14.7. The van der Waals surface area contributed by atoms with Crippen LogP contribution in [-0.2, 0) is 6.54 Å². The number of aromatic nitrogens is 2. The van der Waals surface area contributed by atoms with E-state index >= 15 is 0 Å². The molecule has 0 radical (unpaired) electrons. The molecule has 2 heterocycles. The highest BCUT2D eigenvalue weighted by atomic mass is 19.1. The summed E-state index contributed by atoms with van der Waals surface area (Å²) in [5, 5.41) is 5.44. The molecule has 0 unspecified atom stereocenters. The van der Waals surface area contributed by atoms with E-state index < -0.39 is 11.7 Å². The van der Waals surface area contributed by atoms with Crippen molar-refractivity contribution in [3.8, 4) is 5.88 Å². The van der Waals surface area contributed by atoms with Gasteiger partial charge in [0.05, 0.1) is 18.9 Å². The number of ether oxygens (including phenoxy) is 1. The van der Waals surface area contributed by atoms with E-state index in [1.165, 1.54) is 7.11 Å². The molecule has 21 heavy (non-hydrogen) atoms. The van der Waals surface area contributed by atoms with Crippen LogP contribution in [0.3, 0.4) is 0 Å². The highest BCUT2D eigenvalue weighted by Crippen LogP contribution is 2.13. The van der Waals surface area contributed by atoms with Crippen molar-refractivity contribution in [1.82, 2.24) is 15.3 Å². The van der Waals surface area contributed by atoms with Gasteiger partial charge in [0.15, 0.2) is 0 Å². The first-order chi connectivity index (χ1) is 10.1. The molecular weight excluding hydrogens is 275 g/mol. The molecule has 0 aromatic carbocycles. The first-order valence-electron chi connectivity index (χ1n) is 6.24. The van der Waals surface area contributed by atoms with Crippen molar-refractivity contribution < 1.29 is 13.9 Å². The van der Waals surface area contributed by atoms with E-state index in [1.54, 1.807) is 25.4 Å². The van der Waals surface area contributed by atoms with Crippen LogP contribution in [-0.4, -0.2) is 30.0 Å². The van der Waals surface area contributed by atoms with Gasteiger partial charge in [-0.2, -0.15) is 0 Å². The molecule has 110 valence electrons. The largest absolute Gasteiger partial charge is 0.481 e. The van der Waals surface area contributed by atoms with Crippen molar-refractivity contribution >= 4 is 11.7 Å². The zero-order valence-electron chi connectivity index (χ0n) is 11.7. The molecule has 2 aromatic heterocycles. The molecule has 2 rings (SSSR count). The third-order valence-electron chi connectivity index (χ3n) is 2.80. The fourth-order valence-corrected chi connectivity index (χ4v) is 1.73. The Hall–Kier alpha value is -2.70. The van der Waals surface area contributed by atoms with E-state index in [2.05, 4.69) is 20.6 Å². The van der Waals surface area contributed by atoms with Gasteiger partial charge in [-0.05, 0) is 11.6 Å². The number of nitrogens with one attached hydrogen (secondary N) is 2. The zero-order valence-corrected chi connectivity index (χ0v) is 11.7. The lowest BCUT2D eigenvalue weighted by Gasteiger charge is -2.09. The van der Waals surface area contributed by atoms with Gasteiger partial charge in [-0.3, -0.25) is 4.79 Å². The van der Waals surface area contributed by atoms with Crippen LogP contribution in [0.5, 0.6) is 5.88 Å². The highest BCUT2D eigenvalue weighted by Gasteiger charge is 2.13. The monoisotopic (exact) mass is 290 g/mol. The lowest BCUT2D eigenvalue weighted by Crippen LogP contribution is -2.24. The van der Waals surface area contributed by atoms with Crippen molar-refractivity contribution in [3.05, 3.63) is 47.5 Å². The topological polar surface area (TPSA) is 76.1 Å². The van der Waals surface area contributed by atoms with Crippen LogP contribution < -0.4 is 15.4 Å². The molecule has 2 N–H and O–H groups in total. The SMILES string of the molecule is CNc1ncc(F)cc1C(=O)NCc1ccc(OC)nc1. The highest BCUT2D eigenvalue weighted by molar-refractivity contribution is 5.98. The van der Waals surface area contributed by atoms with Crippen molar-refractivity contribution in [1.29, 1.82) is 0 Å². The molecule has 1 amide bonds. The molecule has 0 saturated heterocycles. The summed E-state index contributed by atoms with van der Waals surface area (Å²) < 4.78 is 18.1. The van der Waals surface area contributed by atoms with E-state index in [-0.39, 0.29) is 12.1 Å². The third-order valence-corrected chi connectivity index (χ3v) is 2.80. The predicted octanol–water partition coefficient (Wildman–Crippen LogP) is 1.60. The van der Waals surface area contributed by atoms with Crippen LogP contribution in [0.15, 0.2) is 30.6 Å². The predicted molar refractivity (Wildman–Crippen MR) is 75.7 cm³/mol. The van der Waals surface area contributed by atoms with E-state index in [1.807, 2.05) is 0 Å². The number of anilines is 1. The molecule has 0 aliphatic rings. The second kappa shape index (κ2) is 6.65. The standard InChI is InChI=1S/C14H15FN4O2/c1-16-13-11(5-10(15)8-18-13)14(20)19-7-9-3-4-12(21-2)17-6-9/h3-6,8H,7H2,1-2H3,(H,16,18)(H,19,20). The molecule has 0 saturated carbocycles. The first-order valence-corrected chi connectivity index (χ1v) is 6.24. The lowest BCUT2D eigenvalue weighted by molar-refractivity contribution is 0.0951. The summed E-state index contributed by atoms with van der Waals surface area (Å²) in [5.41, 5.74) is 0.957. The maximum atomic E-state index is 13.2. The molecule has 0 atom stereocenters. The van der Waals surface area contributed by atoms with Gasteiger partial charge in [0.25, 0.3) is 5.91 Å². The normalized spacial score (nSPS) is 10.0. The quantitative estimate of drug-likeness (QED) is 0.874. The maximum Gasteiger partial charge on any atom is 0.255 e. The summed E-state index contributed by atoms with van der Waals surface area (Å²) in [7, 11) is 3.14. The minimum absolute atomic E-state index is 0.152. The maximum absolute atomic E-state index is 13.2. The number of carbonyl (C=O) groups excluding carboxylic acids is 1. The van der Waals surface area contributed by atoms with E-state index in [0.717, 1.165) is 17.8 Å². The van der Waals surface area contributed by atoms with Gasteiger partial charge in [0, 0.05) is 25.9 Å². The Labute approximate surface area is 121 Å². The van der Waals surface area contributed by atoms with E-state index in [4.69, 9.17) is 4.74 Å². The Morgan fingerprint density at radius 3 is 2.76 bits per heavy atom. The number of hydrogen-bond acceptors (Lipinski definition) is 5. The van der Waals surface area contributed by atoms with Crippen molar-refractivity contribution in [2.45, 2.75) is 6.54 Å². The summed E-state index contributed by atoms with van der Waals surface area (Å²) in [6, 6.07) is 4.62. The lowest BCUT2D eigenvalue weighted by atomic mass is 10.2. The van der Waals surface area contributed by atoms with Crippen LogP contribution in [0.4, 0.5) is 10.2 Å². The second-order valence-corrected chi connectivity index (χ2v) is 4.19. The number of halogens is 1. The van der Waals surface area contributed by atoms with Crippen molar-refractivity contribution in [2.75, 3.05) is 19.5 Å². The second-order valence-electron chi connectivity index (χ2n) is 4.19. The van der Waals surface area contributed by atoms with Gasteiger partial charge in [0.2, 0.25) is 5.88 Å². The minimum Gasteiger partial charge on any atom is -0.481 e. The van der Waals surface area contributed by atoms with Gasteiger partial charge in [-0.1, -0.05) is 6.07 Å². The summed E-state index contributed by atoms with van der Waals surface area (Å²) in [6.07, 6.45) is 2.65. The summed E-state index contributed by atoms with van der Waals surface area (Å²) >= 11 is 0. The number of pyridine rings is 2. The number of hydrogen-bond donors (Lipinski definition) is 2. The van der Waals surface area contributed by atoms with Gasteiger partial charge in [0.1, 0.15) is 11.6 Å². The summed E-state index contributed by atoms with van der Waals surface area (Å²) in [5.74, 6) is -0.161. The smallest absolute Gasteiger partial charge is 0.255 e. The van der Waals surface area contributed by atoms with Crippen molar-refractivity contribution in [2.24, 2.45) is 0 Å². The minimum atomic E-state index is -0.565. The van der Waals surface area contributed by atoms with Gasteiger partial charge in [-0.15, -0.1) is 0 Å². The molecule has 7 heteroatoms. The average Bonchev–Trinajstić information content (AvgIpc) is 2.53. The Kier molecular flexibility index (Phi) is 4.65. The Morgan fingerprint density at radius 1 is 1.33 bits per heavy atom. The molecule has 0 aliphatic heterocycles. The Balaban J connectivity index is 2.05. The average molecular weight is 290 g/mol. The van der Waals surface area contributed by atoms with E-state index in [9.17, 15) is 9.18 Å². The number of nitrogens with zero attached hydrogens (tertiary/aromatic N) is 2. The van der Waals surface area contributed by atoms with Crippen LogP contribution in [0.1, 0.15) is 15.9 Å². The molecule has 6 nitrogen and oxygen atoms in total. The number of carbonyl (C=O) groups is 1. The molecule has 2 aromatic rings. The summed E-state index contributed by atoms with van der Waals surface area (Å²) in [6.45, 7) is 0.273. The summed E-state index contributed by atoms with van der Waals surface area (Å²) in [4.78, 5) is 19.9. The fraction of sp³-hybridized carbons (Fsp3) is 0.214. The number of rotatable bonds is 5. The van der Waals surface area contributed by atoms with Crippen LogP contribution in [0.2, 0.25) is 0 Å². The molecule has 0 aliphatic carbocycles. The molecule has 0 spiro atoms. The number of methoxy groups -OCH3 is 1. The third kappa shape index (κ3) is 3.65. The number of amides is 1. The van der Waals surface area contributed by atoms with Gasteiger partial charge >= 0.3 is 0 Å². The fourth-order valence-electron chi connectivity index (χ4n) is 1.73. The molecular formula is C14H15FN4O2.